The van der Waals surface area contributed by atoms with Crippen LogP contribution in [0.3, 0.4) is 0 Å². The highest BCUT2D eigenvalue weighted by molar-refractivity contribution is 7.98. The van der Waals surface area contributed by atoms with Crippen molar-refractivity contribution in [2.45, 2.75) is 30.2 Å². The van der Waals surface area contributed by atoms with Gasteiger partial charge in [-0.05, 0) is 30.5 Å². The molecule has 27 heavy (non-hydrogen) atoms. The average Bonchev–Trinajstić information content (AvgIpc) is 3.31. The maximum atomic E-state index is 12.6. The van der Waals surface area contributed by atoms with Crippen LogP contribution in [0.25, 0.3) is 5.65 Å². The molecule has 1 saturated heterocycles. The van der Waals surface area contributed by atoms with Crippen molar-refractivity contribution in [3.63, 3.8) is 0 Å². The number of hydrogen-bond acceptors (Lipinski definition) is 5. The maximum Gasteiger partial charge on any atom is 0.350 e. The van der Waals surface area contributed by atoms with E-state index in [9.17, 15) is 9.59 Å². The topological polar surface area (TPSA) is 72.5 Å². The van der Waals surface area contributed by atoms with E-state index in [4.69, 9.17) is 11.6 Å². The minimum atomic E-state index is -0.326. The largest absolute Gasteiger partial charge is 0.350 e. The van der Waals surface area contributed by atoms with Crippen molar-refractivity contribution in [1.82, 2.24) is 24.1 Å². The number of carbonyl (C=O) groups excluding carboxylic acids is 1. The summed E-state index contributed by atoms with van der Waals surface area (Å²) in [4.78, 5) is 31.1. The van der Waals surface area contributed by atoms with Crippen molar-refractivity contribution in [3.8, 4) is 0 Å². The van der Waals surface area contributed by atoms with Gasteiger partial charge in [0.25, 0.3) is 0 Å². The molecule has 1 aliphatic heterocycles. The molecule has 4 rings (SSSR count). The normalized spacial score (nSPS) is 14.2. The number of halogens is 1. The van der Waals surface area contributed by atoms with Crippen LogP contribution in [0, 0.1) is 0 Å². The molecule has 9 heteroatoms. The third-order valence-corrected chi connectivity index (χ3v) is 5.79. The molecule has 2 aromatic heterocycles. The summed E-state index contributed by atoms with van der Waals surface area (Å²) in [5.74, 6) is 0.610. The molecule has 1 aliphatic rings. The van der Waals surface area contributed by atoms with E-state index in [0.717, 1.165) is 31.5 Å². The molecule has 0 saturated carbocycles. The Morgan fingerprint density at radius 3 is 2.67 bits per heavy atom. The first-order valence-corrected chi connectivity index (χ1v) is 10.1. The summed E-state index contributed by atoms with van der Waals surface area (Å²) in [5, 5.41) is 5.71. The van der Waals surface area contributed by atoms with Crippen LogP contribution in [-0.2, 0) is 17.1 Å². The van der Waals surface area contributed by atoms with Gasteiger partial charge in [-0.3, -0.25) is 4.79 Å². The Balaban J connectivity index is 1.56. The monoisotopic (exact) mass is 403 g/mol. The van der Waals surface area contributed by atoms with Gasteiger partial charge in [0.15, 0.2) is 5.65 Å². The van der Waals surface area contributed by atoms with Gasteiger partial charge in [0.2, 0.25) is 5.91 Å². The number of hydrogen-bond donors (Lipinski definition) is 0. The lowest BCUT2D eigenvalue weighted by molar-refractivity contribution is -0.131. The van der Waals surface area contributed by atoms with Crippen LogP contribution in [0.15, 0.2) is 46.5 Å². The van der Waals surface area contributed by atoms with Crippen LogP contribution in [-0.4, -0.2) is 43.1 Å². The van der Waals surface area contributed by atoms with E-state index in [1.54, 1.807) is 17.3 Å². The third-order valence-electron chi connectivity index (χ3n) is 4.50. The number of thioether (sulfide) groups is 1. The molecule has 0 spiro atoms. The summed E-state index contributed by atoms with van der Waals surface area (Å²) in [6.45, 7) is 1.47. The number of benzene rings is 1. The SMILES string of the molecule is O=C(Cn1nc2c(SCc3ccc(Cl)cc3)nccn2c1=O)N1CCCC1. The second-order valence-corrected chi connectivity index (χ2v) is 7.77. The lowest BCUT2D eigenvalue weighted by Crippen LogP contribution is -2.34. The van der Waals surface area contributed by atoms with Crippen LogP contribution >= 0.6 is 23.4 Å². The quantitative estimate of drug-likeness (QED) is 0.612. The third kappa shape index (κ3) is 3.86. The van der Waals surface area contributed by atoms with Gasteiger partial charge >= 0.3 is 5.69 Å². The van der Waals surface area contributed by atoms with Crippen LogP contribution in [0.2, 0.25) is 5.02 Å². The van der Waals surface area contributed by atoms with E-state index in [-0.39, 0.29) is 18.1 Å². The van der Waals surface area contributed by atoms with Gasteiger partial charge < -0.3 is 4.90 Å². The molecular weight excluding hydrogens is 386 g/mol. The molecule has 0 atom stereocenters. The number of carbonyl (C=O) groups is 1. The summed E-state index contributed by atoms with van der Waals surface area (Å²) in [5.41, 5.74) is 1.24. The molecule has 1 aromatic carbocycles. The highest BCUT2D eigenvalue weighted by Crippen LogP contribution is 2.24. The van der Waals surface area contributed by atoms with Crippen molar-refractivity contribution in [2.24, 2.45) is 0 Å². The Morgan fingerprint density at radius 1 is 1.19 bits per heavy atom. The van der Waals surface area contributed by atoms with E-state index < -0.39 is 0 Å². The summed E-state index contributed by atoms with van der Waals surface area (Å²) >= 11 is 7.40. The molecule has 0 radical (unpaired) electrons. The fourth-order valence-electron chi connectivity index (χ4n) is 3.06. The predicted octanol–water partition coefficient (Wildman–Crippen LogP) is 2.46. The number of amides is 1. The number of rotatable bonds is 5. The Kier molecular flexibility index (Phi) is 5.18. The minimum absolute atomic E-state index is 0.0399. The standard InChI is InChI=1S/C18H18ClN5O2S/c19-14-5-3-13(4-6-14)12-27-17-16-21-24(18(26)23(16)10-7-20-17)11-15(25)22-8-1-2-9-22/h3-7,10H,1-2,8-9,11-12H2. The summed E-state index contributed by atoms with van der Waals surface area (Å²) < 4.78 is 2.67. The van der Waals surface area contributed by atoms with E-state index in [2.05, 4.69) is 10.1 Å². The average molecular weight is 404 g/mol. The van der Waals surface area contributed by atoms with Gasteiger partial charge in [0.05, 0.1) is 0 Å². The second-order valence-electron chi connectivity index (χ2n) is 6.37. The maximum absolute atomic E-state index is 12.6. The minimum Gasteiger partial charge on any atom is -0.341 e. The van der Waals surface area contributed by atoms with Crippen molar-refractivity contribution in [1.29, 1.82) is 0 Å². The van der Waals surface area contributed by atoms with Crippen molar-refractivity contribution >= 4 is 34.9 Å². The number of aromatic nitrogens is 4. The molecule has 7 nitrogen and oxygen atoms in total. The molecule has 1 fully saturated rings. The van der Waals surface area contributed by atoms with Crippen LogP contribution in [0.5, 0.6) is 0 Å². The first kappa shape index (κ1) is 18.1. The lowest BCUT2D eigenvalue weighted by atomic mass is 10.2. The van der Waals surface area contributed by atoms with Gasteiger partial charge in [-0.2, -0.15) is 0 Å². The van der Waals surface area contributed by atoms with Gasteiger partial charge in [-0.25, -0.2) is 18.9 Å². The molecule has 3 aromatic rings. The Morgan fingerprint density at radius 2 is 1.93 bits per heavy atom. The van der Waals surface area contributed by atoms with E-state index in [0.29, 0.717) is 21.4 Å². The zero-order chi connectivity index (χ0) is 18.8. The van der Waals surface area contributed by atoms with Crippen LogP contribution < -0.4 is 5.69 Å². The second kappa shape index (κ2) is 7.74. The van der Waals surface area contributed by atoms with E-state index in [1.165, 1.54) is 20.8 Å². The summed E-state index contributed by atoms with van der Waals surface area (Å²) in [6.07, 6.45) is 5.18. The van der Waals surface area contributed by atoms with E-state index >= 15 is 0 Å². The summed E-state index contributed by atoms with van der Waals surface area (Å²) in [6, 6.07) is 7.59. The molecule has 0 bridgehead atoms. The molecule has 3 heterocycles. The molecule has 0 N–H and O–H groups in total. The Labute approximate surface area is 165 Å². The fourth-order valence-corrected chi connectivity index (χ4v) is 4.08. The van der Waals surface area contributed by atoms with Gasteiger partial charge in [-0.1, -0.05) is 35.5 Å². The summed E-state index contributed by atoms with van der Waals surface area (Å²) in [7, 11) is 0. The first-order valence-electron chi connectivity index (χ1n) is 8.71. The fraction of sp³-hybridized carbons (Fsp3) is 0.333. The number of likely N-dealkylation sites (tertiary alicyclic amines) is 1. The molecule has 1 amide bonds. The van der Waals surface area contributed by atoms with Crippen molar-refractivity contribution < 1.29 is 4.79 Å². The van der Waals surface area contributed by atoms with Crippen molar-refractivity contribution in [3.05, 3.63) is 57.7 Å². The molecule has 140 valence electrons. The van der Waals surface area contributed by atoms with Gasteiger partial charge in [0, 0.05) is 36.3 Å². The number of fused-ring (bicyclic) bond motifs is 1. The Hall–Kier alpha value is -2.32. The van der Waals surface area contributed by atoms with Crippen LogP contribution in [0.4, 0.5) is 0 Å². The highest BCUT2D eigenvalue weighted by Gasteiger charge is 2.20. The zero-order valence-corrected chi connectivity index (χ0v) is 16.1. The van der Waals surface area contributed by atoms with E-state index in [1.807, 2.05) is 24.3 Å². The molecular formula is C18H18ClN5O2S. The van der Waals surface area contributed by atoms with Gasteiger partial charge in [-0.15, -0.1) is 5.10 Å². The predicted molar refractivity (Wildman–Crippen MR) is 104 cm³/mol. The Bertz CT molecular complexity index is 1020. The first-order chi connectivity index (χ1) is 13.1. The lowest BCUT2D eigenvalue weighted by Gasteiger charge is -2.14. The number of nitrogens with zero attached hydrogens (tertiary/aromatic N) is 5. The van der Waals surface area contributed by atoms with Crippen LogP contribution in [0.1, 0.15) is 18.4 Å². The van der Waals surface area contributed by atoms with Crippen molar-refractivity contribution in [2.75, 3.05) is 13.1 Å². The van der Waals surface area contributed by atoms with Gasteiger partial charge in [0.1, 0.15) is 11.6 Å². The molecule has 0 aliphatic carbocycles. The highest BCUT2D eigenvalue weighted by atomic mass is 35.5. The zero-order valence-electron chi connectivity index (χ0n) is 14.5. The molecule has 0 unspecified atom stereocenters. The smallest absolute Gasteiger partial charge is 0.341 e.